The lowest BCUT2D eigenvalue weighted by molar-refractivity contribution is 0.190. The molecule has 0 spiro atoms. The highest BCUT2D eigenvalue weighted by atomic mass is 32.2. The number of nitrogens with zero attached hydrogens (tertiary/aromatic N) is 4. The Labute approximate surface area is 143 Å². The minimum Gasteiger partial charge on any atom is -0.300 e. The van der Waals surface area contributed by atoms with Gasteiger partial charge < -0.3 is 4.90 Å². The zero-order chi connectivity index (χ0) is 17.2. The topological polar surface area (TPSA) is 58.4 Å². The van der Waals surface area contributed by atoms with E-state index in [2.05, 4.69) is 34.3 Å². The highest BCUT2D eigenvalue weighted by Gasteiger charge is 2.30. The van der Waals surface area contributed by atoms with Crippen LogP contribution in [-0.2, 0) is 23.5 Å². The first-order chi connectivity index (χ1) is 11.5. The van der Waals surface area contributed by atoms with Crippen molar-refractivity contribution in [1.82, 2.24) is 19.0 Å². The van der Waals surface area contributed by atoms with Gasteiger partial charge in [-0.3, -0.25) is 4.68 Å². The molecule has 130 valence electrons. The standard InChI is InChI=1S/C17H24N4O2S/c1-15-17(14-19(2)18-15)24(22,23)21-12-10-20(11-13-21)9-8-16-6-4-3-5-7-16/h3-7,14H,8-13H2,1-2H3. The average Bonchev–Trinajstić information content (AvgIpc) is 2.93. The maximum absolute atomic E-state index is 12.8. The third kappa shape index (κ3) is 3.68. The number of piperazine rings is 1. The van der Waals surface area contributed by atoms with E-state index in [4.69, 9.17) is 0 Å². The summed E-state index contributed by atoms with van der Waals surface area (Å²) in [6.07, 6.45) is 2.59. The molecule has 0 radical (unpaired) electrons. The molecule has 2 aromatic rings. The Hall–Kier alpha value is -1.70. The fourth-order valence-corrected chi connectivity index (χ4v) is 4.72. The lowest BCUT2D eigenvalue weighted by Crippen LogP contribution is -2.49. The Kier molecular flexibility index (Phi) is 5.03. The van der Waals surface area contributed by atoms with Gasteiger partial charge in [-0.1, -0.05) is 30.3 Å². The fraction of sp³-hybridized carbons (Fsp3) is 0.471. The second kappa shape index (κ2) is 7.04. The van der Waals surface area contributed by atoms with Crippen LogP contribution in [-0.4, -0.2) is 60.1 Å². The van der Waals surface area contributed by atoms with Crippen LogP contribution in [0.15, 0.2) is 41.4 Å². The minimum atomic E-state index is -3.44. The normalized spacial score (nSPS) is 17.2. The molecule has 24 heavy (non-hydrogen) atoms. The largest absolute Gasteiger partial charge is 0.300 e. The molecule has 0 bridgehead atoms. The molecule has 3 rings (SSSR count). The summed E-state index contributed by atoms with van der Waals surface area (Å²) in [7, 11) is -1.70. The van der Waals surface area contributed by atoms with Crippen molar-refractivity contribution in [1.29, 1.82) is 0 Å². The van der Waals surface area contributed by atoms with E-state index in [9.17, 15) is 8.42 Å². The van der Waals surface area contributed by atoms with Crippen LogP contribution in [0.5, 0.6) is 0 Å². The zero-order valence-corrected chi connectivity index (χ0v) is 15.0. The summed E-state index contributed by atoms with van der Waals surface area (Å²) in [5.41, 5.74) is 1.88. The molecule has 1 fully saturated rings. The molecule has 2 heterocycles. The van der Waals surface area contributed by atoms with Crippen molar-refractivity contribution in [2.24, 2.45) is 7.05 Å². The number of benzene rings is 1. The summed E-state index contributed by atoms with van der Waals surface area (Å²) in [6.45, 7) is 5.31. The SMILES string of the molecule is Cc1nn(C)cc1S(=O)(=O)N1CCN(CCc2ccccc2)CC1. The van der Waals surface area contributed by atoms with Gasteiger partial charge in [0.25, 0.3) is 0 Å². The summed E-state index contributed by atoms with van der Waals surface area (Å²) >= 11 is 0. The van der Waals surface area contributed by atoms with Crippen LogP contribution >= 0.6 is 0 Å². The monoisotopic (exact) mass is 348 g/mol. The van der Waals surface area contributed by atoms with Gasteiger partial charge >= 0.3 is 0 Å². The molecule has 1 saturated heterocycles. The quantitative estimate of drug-likeness (QED) is 0.817. The Balaban J connectivity index is 1.57. The van der Waals surface area contributed by atoms with Gasteiger partial charge in [0.05, 0.1) is 5.69 Å². The highest BCUT2D eigenvalue weighted by molar-refractivity contribution is 7.89. The molecule has 0 N–H and O–H groups in total. The third-order valence-electron chi connectivity index (χ3n) is 4.48. The first kappa shape index (κ1) is 17.1. The molecule has 7 heteroatoms. The summed E-state index contributed by atoms with van der Waals surface area (Å²) in [5, 5.41) is 4.15. The number of aryl methyl sites for hydroxylation is 2. The Morgan fingerprint density at radius 3 is 2.33 bits per heavy atom. The van der Waals surface area contributed by atoms with Crippen molar-refractivity contribution in [3.05, 3.63) is 47.8 Å². The van der Waals surface area contributed by atoms with E-state index in [0.717, 1.165) is 26.1 Å². The Bertz CT molecular complexity index is 778. The van der Waals surface area contributed by atoms with Gasteiger partial charge in [0, 0.05) is 46.0 Å². The first-order valence-corrected chi connectivity index (χ1v) is 9.67. The van der Waals surface area contributed by atoms with Gasteiger partial charge in [-0.05, 0) is 18.9 Å². The molecular formula is C17H24N4O2S. The Morgan fingerprint density at radius 1 is 1.08 bits per heavy atom. The number of sulfonamides is 1. The van der Waals surface area contributed by atoms with Crippen molar-refractivity contribution in [2.45, 2.75) is 18.2 Å². The van der Waals surface area contributed by atoms with Crippen LogP contribution in [0.2, 0.25) is 0 Å². The van der Waals surface area contributed by atoms with Crippen LogP contribution < -0.4 is 0 Å². The van der Waals surface area contributed by atoms with Crippen LogP contribution in [0.3, 0.4) is 0 Å². The van der Waals surface area contributed by atoms with Crippen molar-refractivity contribution < 1.29 is 8.42 Å². The molecular weight excluding hydrogens is 324 g/mol. The number of aromatic nitrogens is 2. The van der Waals surface area contributed by atoms with Gasteiger partial charge in [0.15, 0.2) is 0 Å². The van der Waals surface area contributed by atoms with Crippen LogP contribution in [0.25, 0.3) is 0 Å². The van der Waals surface area contributed by atoms with Gasteiger partial charge in [-0.15, -0.1) is 0 Å². The smallest absolute Gasteiger partial charge is 0.246 e. The molecule has 0 unspecified atom stereocenters. The van der Waals surface area contributed by atoms with E-state index in [1.54, 1.807) is 29.2 Å². The summed E-state index contributed by atoms with van der Waals surface area (Å²) in [4.78, 5) is 2.65. The molecule has 1 aromatic carbocycles. The van der Waals surface area contributed by atoms with Crippen molar-refractivity contribution >= 4 is 10.0 Å². The lowest BCUT2D eigenvalue weighted by Gasteiger charge is -2.33. The van der Waals surface area contributed by atoms with Gasteiger partial charge in [0.1, 0.15) is 4.90 Å². The summed E-state index contributed by atoms with van der Waals surface area (Å²) < 4.78 is 28.7. The fourth-order valence-electron chi connectivity index (χ4n) is 3.10. The summed E-state index contributed by atoms with van der Waals surface area (Å²) in [6, 6.07) is 10.4. The van der Waals surface area contributed by atoms with Gasteiger partial charge in [-0.25, -0.2) is 8.42 Å². The third-order valence-corrected chi connectivity index (χ3v) is 6.48. The molecule has 0 atom stereocenters. The lowest BCUT2D eigenvalue weighted by atomic mass is 10.1. The van der Waals surface area contributed by atoms with E-state index < -0.39 is 10.0 Å². The minimum absolute atomic E-state index is 0.322. The van der Waals surface area contributed by atoms with Crippen LogP contribution in [0, 0.1) is 6.92 Å². The van der Waals surface area contributed by atoms with E-state index >= 15 is 0 Å². The number of hydrogen-bond donors (Lipinski definition) is 0. The van der Waals surface area contributed by atoms with Gasteiger partial charge in [-0.2, -0.15) is 9.40 Å². The predicted molar refractivity (Wildman–Crippen MR) is 93.3 cm³/mol. The molecule has 0 aliphatic carbocycles. The maximum atomic E-state index is 12.8. The second-order valence-electron chi connectivity index (χ2n) is 6.23. The second-order valence-corrected chi connectivity index (χ2v) is 8.14. The van der Waals surface area contributed by atoms with Crippen LogP contribution in [0.4, 0.5) is 0 Å². The molecule has 1 aliphatic rings. The van der Waals surface area contributed by atoms with Crippen LogP contribution in [0.1, 0.15) is 11.3 Å². The van der Waals surface area contributed by atoms with E-state index in [1.165, 1.54) is 5.56 Å². The highest BCUT2D eigenvalue weighted by Crippen LogP contribution is 2.20. The molecule has 6 nitrogen and oxygen atoms in total. The average molecular weight is 348 g/mol. The molecule has 1 aromatic heterocycles. The van der Waals surface area contributed by atoms with Crippen molar-refractivity contribution in [3.8, 4) is 0 Å². The Morgan fingerprint density at radius 2 is 1.75 bits per heavy atom. The van der Waals surface area contributed by atoms with Crippen molar-refractivity contribution in [2.75, 3.05) is 32.7 Å². The van der Waals surface area contributed by atoms with E-state index in [1.807, 2.05) is 6.07 Å². The van der Waals surface area contributed by atoms with E-state index in [0.29, 0.717) is 23.7 Å². The van der Waals surface area contributed by atoms with Gasteiger partial charge in [0.2, 0.25) is 10.0 Å². The molecule has 0 saturated carbocycles. The summed E-state index contributed by atoms with van der Waals surface area (Å²) in [5.74, 6) is 0. The number of rotatable bonds is 5. The molecule has 1 aliphatic heterocycles. The number of hydrogen-bond acceptors (Lipinski definition) is 4. The maximum Gasteiger partial charge on any atom is 0.246 e. The predicted octanol–water partition coefficient (Wildman–Crippen LogP) is 1.28. The zero-order valence-electron chi connectivity index (χ0n) is 14.2. The van der Waals surface area contributed by atoms with Crippen molar-refractivity contribution in [3.63, 3.8) is 0 Å². The first-order valence-electron chi connectivity index (χ1n) is 8.23. The van der Waals surface area contributed by atoms with E-state index in [-0.39, 0.29) is 0 Å². The molecule has 0 amide bonds.